The smallest absolute Gasteiger partial charge is 0.407 e. The number of ether oxygens (including phenoxy) is 1. The fourth-order valence-corrected chi connectivity index (χ4v) is 1.56. The quantitative estimate of drug-likeness (QED) is 0.832. The van der Waals surface area contributed by atoms with Gasteiger partial charge in [-0.25, -0.2) is 4.79 Å². The van der Waals surface area contributed by atoms with E-state index in [4.69, 9.17) is 9.15 Å². The fourth-order valence-electron chi connectivity index (χ4n) is 1.56. The first-order valence-electron chi connectivity index (χ1n) is 6.62. The Kier molecular flexibility index (Phi) is 5.89. The molecule has 1 rings (SSSR count). The predicted molar refractivity (Wildman–Crippen MR) is 73.9 cm³/mol. The molecule has 1 aromatic rings. The van der Waals surface area contributed by atoms with E-state index < -0.39 is 5.60 Å². The zero-order chi connectivity index (χ0) is 14.3. The molecule has 5 nitrogen and oxygen atoms in total. The fraction of sp³-hybridized carbons (Fsp3) is 0.643. The molecule has 0 aromatic carbocycles. The van der Waals surface area contributed by atoms with Crippen molar-refractivity contribution in [3.05, 3.63) is 24.2 Å². The van der Waals surface area contributed by atoms with Gasteiger partial charge in [-0.2, -0.15) is 0 Å². The molecule has 0 fully saturated rings. The van der Waals surface area contributed by atoms with Gasteiger partial charge in [0.05, 0.1) is 12.5 Å². The molecular formula is C14H24N2O3. The van der Waals surface area contributed by atoms with Gasteiger partial charge >= 0.3 is 6.09 Å². The largest absolute Gasteiger partial charge is 0.472 e. The lowest BCUT2D eigenvalue weighted by atomic mass is 10.2. The number of furan rings is 1. The molecule has 0 saturated heterocycles. The van der Waals surface area contributed by atoms with Crippen LogP contribution in [0.4, 0.5) is 4.79 Å². The Morgan fingerprint density at radius 2 is 2.21 bits per heavy atom. The summed E-state index contributed by atoms with van der Waals surface area (Å²) in [5.41, 5.74) is 0.624. The van der Waals surface area contributed by atoms with Gasteiger partial charge in [-0.15, -0.1) is 0 Å². The highest BCUT2D eigenvalue weighted by atomic mass is 16.6. The third kappa shape index (κ3) is 6.86. The molecule has 1 unspecified atom stereocenters. The Labute approximate surface area is 114 Å². The molecule has 1 atom stereocenters. The van der Waals surface area contributed by atoms with Crippen LogP contribution in [0.2, 0.25) is 0 Å². The molecule has 19 heavy (non-hydrogen) atoms. The molecule has 0 aliphatic rings. The summed E-state index contributed by atoms with van der Waals surface area (Å²) >= 11 is 0. The van der Waals surface area contributed by atoms with Crippen LogP contribution in [0.5, 0.6) is 0 Å². The second-order valence-corrected chi connectivity index (χ2v) is 5.51. The van der Waals surface area contributed by atoms with Crippen LogP contribution in [-0.2, 0) is 11.3 Å². The maximum absolute atomic E-state index is 11.6. The van der Waals surface area contributed by atoms with E-state index in [1.807, 2.05) is 33.8 Å². The van der Waals surface area contributed by atoms with Gasteiger partial charge in [-0.1, -0.05) is 6.92 Å². The monoisotopic (exact) mass is 268 g/mol. The van der Waals surface area contributed by atoms with Gasteiger partial charge in [-0.05, 0) is 33.3 Å². The molecule has 108 valence electrons. The summed E-state index contributed by atoms with van der Waals surface area (Å²) in [6.07, 6.45) is 3.82. The molecule has 0 bridgehead atoms. The minimum absolute atomic E-state index is 0.0572. The molecule has 5 heteroatoms. The lowest BCUT2D eigenvalue weighted by Gasteiger charge is -2.23. The van der Waals surface area contributed by atoms with Crippen molar-refractivity contribution < 1.29 is 13.9 Å². The number of hydrogen-bond donors (Lipinski definition) is 2. The summed E-state index contributed by atoms with van der Waals surface area (Å²) in [4.78, 5) is 11.6. The molecule has 0 spiro atoms. The van der Waals surface area contributed by atoms with Crippen molar-refractivity contribution in [3.8, 4) is 0 Å². The van der Waals surface area contributed by atoms with Gasteiger partial charge in [0.1, 0.15) is 5.60 Å². The highest BCUT2D eigenvalue weighted by molar-refractivity contribution is 5.68. The van der Waals surface area contributed by atoms with Gasteiger partial charge in [0, 0.05) is 24.7 Å². The van der Waals surface area contributed by atoms with E-state index >= 15 is 0 Å². The van der Waals surface area contributed by atoms with Crippen molar-refractivity contribution in [2.45, 2.75) is 52.3 Å². The molecule has 0 aliphatic heterocycles. The molecule has 2 N–H and O–H groups in total. The summed E-state index contributed by atoms with van der Waals surface area (Å²) in [7, 11) is 0. The molecular weight excluding hydrogens is 244 g/mol. The van der Waals surface area contributed by atoms with E-state index in [-0.39, 0.29) is 12.1 Å². The number of amides is 1. The Balaban J connectivity index is 2.27. The van der Waals surface area contributed by atoms with E-state index in [2.05, 4.69) is 10.6 Å². The Hall–Kier alpha value is -1.49. The number of alkyl carbamates (subject to hydrolysis) is 1. The number of carbonyl (C=O) groups is 1. The van der Waals surface area contributed by atoms with Crippen molar-refractivity contribution in [2.24, 2.45) is 0 Å². The van der Waals surface area contributed by atoms with Crippen molar-refractivity contribution in [3.63, 3.8) is 0 Å². The van der Waals surface area contributed by atoms with E-state index in [9.17, 15) is 4.79 Å². The van der Waals surface area contributed by atoms with Crippen LogP contribution >= 0.6 is 0 Å². The minimum atomic E-state index is -0.466. The summed E-state index contributed by atoms with van der Waals surface area (Å²) in [5.74, 6) is 0. The maximum atomic E-state index is 11.6. The molecule has 1 aromatic heterocycles. The number of rotatable bonds is 6. The van der Waals surface area contributed by atoms with Gasteiger partial charge in [-0.3, -0.25) is 0 Å². The van der Waals surface area contributed by atoms with E-state index in [0.29, 0.717) is 6.54 Å². The number of carbonyl (C=O) groups excluding carboxylic acids is 1. The molecule has 1 heterocycles. The van der Waals surface area contributed by atoms with E-state index in [1.165, 1.54) is 0 Å². The van der Waals surface area contributed by atoms with Crippen molar-refractivity contribution >= 4 is 6.09 Å². The van der Waals surface area contributed by atoms with Gasteiger partial charge < -0.3 is 19.8 Å². The van der Waals surface area contributed by atoms with Crippen LogP contribution in [0.3, 0.4) is 0 Å². The van der Waals surface area contributed by atoms with Crippen LogP contribution in [0.15, 0.2) is 23.0 Å². The van der Waals surface area contributed by atoms with E-state index in [0.717, 1.165) is 18.5 Å². The third-order valence-electron chi connectivity index (χ3n) is 2.51. The Morgan fingerprint density at radius 3 is 2.74 bits per heavy atom. The summed E-state index contributed by atoms with van der Waals surface area (Å²) in [5, 5.41) is 6.13. The van der Waals surface area contributed by atoms with Gasteiger partial charge in [0.2, 0.25) is 0 Å². The average Bonchev–Trinajstić information content (AvgIpc) is 2.78. The van der Waals surface area contributed by atoms with Crippen LogP contribution in [-0.4, -0.2) is 24.3 Å². The third-order valence-corrected chi connectivity index (χ3v) is 2.51. The zero-order valence-electron chi connectivity index (χ0n) is 12.2. The number of nitrogens with one attached hydrogen (secondary N) is 2. The Morgan fingerprint density at radius 1 is 1.47 bits per heavy atom. The highest BCUT2D eigenvalue weighted by Gasteiger charge is 2.18. The summed E-state index contributed by atoms with van der Waals surface area (Å²) < 4.78 is 10.2. The maximum Gasteiger partial charge on any atom is 0.407 e. The first-order valence-corrected chi connectivity index (χ1v) is 6.62. The standard InChI is InChI=1S/C14H24N2O3/c1-5-12(16-13(17)19-14(2,3)4)9-15-8-11-6-7-18-10-11/h6-7,10,12,15H,5,8-9H2,1-4H3,(H,16,17). The topological polar surface area (TPSA) is 63.5 Å². The molecule has 0 radical (unpaired) electrons. The normalized spacial score (nSPS) is 13.1. The molecule has 0 aliphatic carbocycles. The van der Waals surface area contributed by atoms with Crippen LogP contribution in [0.1, 0.15) is 39.7 Å². The SMILES string of the molecule is CCC(CNCc1ccoc1)NC(=O)OC(C)(C)C. The first kappa shape index (κ1) is 15.6. The predicted octanol–water partition coefficient (Wildman–Crippen LogP) is 2.67. The second kappa shape index (κ2) is 7.19. The average molecular weight is 268 g/mol. The molecule has 0 saturated carbocycles. The summed E-state index contributed by atoms with van der Waals surface area (Å²) in [6, 6.07) is 1.97. The second-order valence-electron chi connectivity index (χ2n) is 5.51. The lowest BCUT2D eigenvalue weighted by Crippen LogP contribution is -2.43. The van der Waals surface area contributed by atoms with Crippen LogP contribution < -0.4 is 10.6 Å². The highest BCUT2D eigenvalue weighted by Crippen LogP contribution is 2.07. The minimum Gasteiger partial charge on any atom is -0.472 e. The summed E-state index contributed by atoms with van der Waals surface area (Å²) in [6.45, 7) is 9.01. The van der Waals surface area contributed by atoms with Gasteiger partial charge in [0.25, 0.3) is 0 Å². The van der Waals surface area contributed by atoms with Gasteiger partial charge in [0.15, 0.2) is 0 Å². The Bertz CT molecular complexity index is 369. The first-order chi connectivity index (χ1) is 8.90. The van der Waals surface area contributed by atoms with Crippen molar-refractivity contribution in [1.29, 1.82) is 0 Å². The van der Waals surface area contributed by atoms with Crippen LogP contribution in [0.25, 0.3) is 0 Å². The number of hydrogen-bond acceptors (Lipinski definition) is 4. The van der Waals surface area contributed by atoms with E-state index in [1.54, 1.807) is 12.5 Å². The van der Waals surface area contributed by atoms with Crippen molar-refractivity contribution in [1.82, 2.24) is 10.6 Å². The zero-order valence-corrected chi connectivity index (χ0v) is 12.2. The molecule has 1 amide bonds. The lowest BCUT2D eigenvalue weighted by molar-refractivity contribution is 0.0502. The van der Waals surface area contributed by atoms with Crippen molar-refractivity contribution in [2.75, 3.05) is 6.54 Å². The van der Waals surface area contributed by atoms with Crippen LogP contribution in [0, 0.1) is 0 Å².